The van der Waals surface area contributed by atoms with Crippen molar-refractivity contribution in [2.24, 2.45) is 18.9 Å². The highest BCUT2D eigenvalue weighted by atomic mass is 19.4. The molecule has 1 aliphatic heterocycles. The quantitative estimate of drug-likeness (QED) is 0.368. The molecule has 3 N–H and O–H groups in total. The number of carbonyl (C=O) groups excluding carboxylic acids is 3. The van der Waals surface area contributed by atoms with Crippen LogP contribution in [0, 0.1) is 11.8 Å². The van der Waals surface area contributed by atoms with Crippen LogP contribution in [0.25, 0.3) is 0 Å². The molecule has 17 heteroatoms. The summed E-state index contributed by atoms with van der Waals surface area (Å²) in [5.41, 5.74) is 0.441. The largest absolute Gasteiger partial charge is 0.410 e. The minimum absolute atomic E-state index is 0.0295. The van der Waals surface area contributed by atoms with Gasteiger partial charge in [0.05, 0.1) is 25.1 Å². The summed E-state index contributed by atoms with van der Waals surface area (Å²) in [6.45, 7) is -0.829. The van der Waals surface area contributed by atoms with E-state index in [0.29, 0.717) is 5.56 Å². The standard InChI is InChI=1S/C26H31F6N7O4/c1-38-17(8-10-34-38)22(40)37-21(14-3-5-16(6-4-14)25(27,28)29)23(41)36-20-11-15(7-9-33-20)18(13-43-2)39-12-19(26(30,31)32)35-24(39)42/h7-11,14,16,18-19,21H,3-6,12-13H2,1-2H3,(H,35,42)(H,37,40)(H,33,36,41)/t14?,16?,18-,19+,21+/m1/s1. The second-order valence-electron chi connectivity index (χ2n) is 10.6. The van der Waals surface area contributed by atoms with E-state index < -0.39 is 66.7 Å². The van der Waals surface area contributed by atoms with Gasteiger partial charge in [0.1, 0.15) is 23.6 Å². The molecule has 2 fully saturated rings. The summed E-state index contributed by atoms with van der Waals surface area (Å²) in [5, 5.41) is 11.0. The molecule has 4 amide bonds. The Kier molecular flexibility index (Phi) is 9.51. The second kappa shape index (κ2) is 12.8. The van der Waals surface area contributed by atoms with Crippen molar-refractivity contribution in [2.45, 2.75) is 56.2 Å². The van der Waals surface area contributed by atoms with Crippen molar-refractivity contribution in [1.29, 1.82) is 0 Å². The maximum absolute atomic E-state index is 13.5. The number of anilines is 1. The van der Waals surface area contributed by atoms with Crippen LogP contribution in [0.1, 0.15) is 47.8 Å². The van der Waals surface area contributed by atoms with Crippen LogP contribution in [0.5, 0.6) is 0 Å². The van der Waals surface area contributed by atoms with E-state index in [9.17, 15) is 40.7 Å². The molecule has 0 radical (unpaired) electrons. The Hall–Kier alpha value is -3.89. The fraction of sp³-hybridized carbons (Fsp3) is 0.577. The van der Waals surface area contributed by atoms with Crippen molar-refractivity contribution >= 4 is 23.7 Å². The smallest absolute Gasteiger partial charge is 0.382 e. The highest BCUT2D eigenvalue weighted by molar-refractivity contribution is 6.00. The van der Waals surface area contributed by atoms with E-state index in [4.69, 9.17) is 4.74 Å². The molecule has 0 aromatic carbocycles. The molecule has 4 rings (SSSR count). The number of aromatic nitrogens is 3. The molecular weight excluding hydrogens is 588 g/mol. The number of pyridine rings is 1. The average molecular weight is 620 g/mol. The van der Waals surface area contributed by atoms with Gasteiger partial charge in [0.2, 0.25) is 5.91 Å². The average Bonchev–Trinajstić information content (AvgIpc) is 3.55. The number of nitrogens with one attached hydrogen (secondary N) is 3. The zero-order valence-electron chi connectivity index (χ0n) is 23.2. The van der Waals surface area contributed by atoms with E-state index in [1.54, 1.807) is 0 Å². The van der Waals surface area contributed by atoms with Crippen LogP contribution in [-0.2, 0) is 16.6 Å². The van der Waals surface area contributed by atoms with E-state index in [2.05, 4.69) is 20.7 Å². The molecule has 2 aliphatic rings. The number of hydrogen-bond donors (Lipinski definition) is 3. The van der Waals surface area contributed by atoms with Gasteiger partial charge >= 0.3 is 18.4 Å². The molecule has 0 bridgehead atoms. The number of rotatable bonds is 9. The number of amides is 4. The summed E-state index contributed by atoms with van der Waals surface area (Å²) in [7, 11) is 2.83. The Labute approximate surface area is 242 Å². The van der Waals surface area contributed by atoms with Gasteiger partial charge in [-0.2, -0.15) is 31.4 Å². The lowest BCUT2D eigenvalue weighted by atomic mass is 9.78. The summed E-state index contributed by atoms with van der Waals surface area (Å²) in [6, 6.07) is -0.980. The van der Waals surface area contributed by atoms with Gasteiger partial charge in [-0.3, -0.25) is 14.3 Å². The maximum atomic E-state index is 13.5. The van der Waals surface area contributed by atoms with E-state index >= 15 is 0 Å². The molecule has 1 saturated carbocycles. The van der Waals surface area contributed by atoms with Crippen LogP contribution in [0.15, 0.2) is 30.6 Å². The minimum atomic E-state index is -4.66. The Morgan fingerprint density at radius 2 is 1.79 bits per heavy atom. The first-order valence-corrected chi connectivity index (χ1v) is 13.4. The lowest BCUT2D eigenvalue weighted by Crippen LogP contribution is -2.50. The molecule has 3 heterocycles. The summed E-state index contributed by atoms with van der Waals surface area (Å²) in [6.07, 6.45) is -6.72. The van der Waals surface area contributed by atoms with Gasteiger partial charge in [-0.25, -0.2) is 9.78 Å². The molecule has 2 aromatic heterocycles. The van der Waals surface area contributed by atoms with Gasteiger partial charge in [0.25, 0.3) is 5.91 Å². The zero-order chi connectivity index (χ0) is 31.5. The molecule has 43 heavy (non-hydrogen) atoms. The van der Waals surface area contributed by atoms with Gasteiger partial charge in [-0.15, -0.1) is 0 Å². The minimum Gasteiger partial charge on any atom is -0.382 e. The van der Waals surface area contributed by atoms with E-state index in [0.717, 1.165) is 4.90 Å². The first-order valence-electron chi connectivity index (χ1n) is 13.4. The Balaban J connectivity index is 1.54. The number of methoxy groups -OCH3 is 1. The Morgan fingerprint density at radius 3 is 2.35 bits per heavy atom. The highest BCUT2D eigenvalue weighted by Crippen LogP contribution is 2.40. The number of aryl methyl sites for hydroxylation is 1. The lowest BCUT2D eigenvalue weighted by Gasteiger charge is -2.34. The normalized spacial score (nSPS) is 22.6. The number of ether oxygens (including phenoxy) is 1. The molecule has 236 valence electrons. The molecular formula is C26H31F6N7O4. The molecule has 0 spiro atoms. The maximum Gasteiger partial charge on any atom is 0.410 e. The van der Waals surface area contributed by atoms with Crippen molar-refractivity contribution in [3.05, 3.63) is 41.9 Å². The first-order chi connectivity index (χ1) is 20.2. The van der Waals surface area contributed by atoms with Crippen molar-refractivity contribution in [2.75, 3.05) is 25.6 Å². The van der Waals surface area contributed by atoms with E-state index in [1.807, 2.05) is 5.32 Å². The van der Waals surface area contributed by atoms with Crippen LogP contribution < -0.4 is 16.0 Å². The summed E-state index contributed by atoms with van der Waals surface area (Å²) < 4.78 is 86.0. The molecule has 0 unspecified atom stereocenters. The Morgan fingerprint density at radius 1 is 1.09 bits per heavy atom. The van der Waals surface area contributed by atoms with Crippen molar-refractivity contribution in [1.82, 2.24) is 30.3 Å². The predicted octanol–water partition coefficient (Wildman–Crippen LogP) is 3.56. The fourth-order valence-electron chi connectivity index (χ4n) is 5.45. The van der Waals surface area contributed by atoms with Crippen LogP contribution in [0.2, 0.25) is 0 Å². The monoisotopic (exact) mass is 619 g/mol. The number of urea groups is 1. The number of alkyl halides is 6. The third-order valence-electron chi connectivity index (χ3n) is 7.78. The number of halogens is 6. The summed E-state index contributed by atoms with van der Waals surface area (Å²) in [4.78, 5) is 44.0. The number of nitrogens with zero attached hydrogens (tertiary/aromatic N) is 4. The van der Waals surface area contributed by atoms with Crippen molar-refractivity contribution < 1.29 is 45.5 Å². The van der Waals surface area contributed by atoms with Gasteiger partial charge in [-0.1, -0.05) is 0 Å². The summed E-state index contributed by atoms with van der Waals surface area (Å²) >= 11 is 0. The molecule has 11 nitrogen and oxygen atoms in total. The number of carbonyl (C=O) groups is 3. The first kappa shape index (κ1) is 32.0. The fourth-order valence-corrected chi connectivity index (χ4v) is 5.45. The SMILES string of the molecule is COC[C@H](c1ccnc(NC(=O)[C@@H](NC(=O)c2ccnn2C)C2CCC(C(F)(F)F)CC2)c1)N1C[C@@H](C(F)(F)F)NC1=O. The van der Waals surface area contributed by atoms with E-state index in [-0.39, 0.29) is 43.8 Å². The van der Waals surface area contributed by atoms with Crippen LogP contribution >= 0.6 is 0 Å². The highest BCUT2D eigenvalue weighted by Gasteiger charge is 2.49. The third kappa shape index (κ3) is 7.55. The van der Waals surface area contributed by atoms with Crippen molar-refractivity contribution in [3.63, 3.8) is 0 Å². The van der Waals surface area contributed by atoms with Crippen LogP contribution in [0.3, 0.4) is 0 Å². The second-order valence-corrected chi connectivity index (χ2v) is 10.6. The zero-order valence-corrected chi connectivity index (χ0v) is 23.2. The third-order valence-corrected chi connectivity index (χ3v) is 7.78. The molecule has 2 aromatic rings. The van der Waals surface area contributed by atoms with Gasteiger partial charge in [0, 0.05) is 26.6 Å². The summed E-state index contributed by atoms with van der Waals surface area (Å²) in [5.74, 6) is -3.56. The lowest BCUT2D eigenvalue weighted by molar-refractivity contribution is -0.184. The van der Waals surface area contributed by atoms with Crippen LogP contribution in [0.4, 0.5) is 37.0 Å². The van der Waals surface area contributed by atoms with E-state index in [1.165, 1.54) is 49.4 Å². The number of hydrogen-bond acceptors (Lipinski definition) is 6. The van der Waals surface area contributed by atoms with Gasteiger partial charge in [-0.05, 0) is 55.4 Å². The predicted molar refractivity (Wildman–Crippen MR) is 139 cm³/mol. The molecule has 1 saturated heterocycles. The molecule has 3 atom stereocenters. The molecule has 1 aliphatic carbocycles. The van der Waals surface area contributed by atoms with Gasteiger partial charge in [0.15, 0.2) is 0 Å². The Bertz CT molecular complexity index is 1310. The van der Waals surface area contributed by atoms with Crippen LogP contribution in [-0.4, -0.2) is 82.2 Å². The van der Waals surface area contributed by atoms with Crippen molar-refractivity contribution in [3.8, 4) is 0 Å². The topological polar surface area (TPSA) is 130 Å². The van der Waals surface area contributed by atoms with Gasteiger partial charge < -0.3 is 25.6 Å².